The van der Waals surface area contributed by atoms with Crippen LogP contribution in [0.3, 0.4) is 0 Å². The summed E-state index contributed by atoms with van der Waals surface area (Å²) in [6, 6.07) is 14.9. The Morgan fingerprint density at radius 1 is 1.10 bits per heavy atom. The van der Waals surface area contributed by atoms with E-state index in [1.54, 1.807) is 47.0 Å². The topological polar surface area (TPSA) is 145 Å². The number of hydrogen-bond acceptors (Lipinski definition) is 9. The van der Waals surface area contributed by atoms with Gasteiger partial charge in [0.15, 0.2) is 0 Å². The minimum atomic E-state index is -1.27. The maximum Gasteiger partial charge on any atom is 0.408 e. The van der Waals surface area contributed by atoms with E-state index in [2.05, 4.69) is 23.8 Å². The van der Waals surface area contributed by atoms with Crippen molar-refractivity contribution >= 4 is 34.8 Å². The standard InChI is InChI=1S/C40H48N4O8/c1-8-11-17-30(42-38(48)52-39(4,5)6)36(46)44-24-28(21-33(44)35(45)43-40(23-26(40)9-2)37(47)50-10-3)51-34-22-31(25-15-13-12-14-16-25)41-32-20-27(49-7)18-19-29(32)34/h8-9,12-16,18-20,22,26,28,30,33H,1-2,10-11,17,21,23-24H2,3-7H3,(H,42,48)(H,43,45)/t26?,28-,30+,33+,40-/m1/s1. The van der Waals surface area contributed by atoms with Crippen LogP contribution in [0.15, 0.2) is 79.9 Å². The molecule has 1 aliphatic heterocycles. The molecule has 2 aromatic carbocycles. The lowest BCUT2D eigenvalue weighted by Gasteiger charge is -2.30. The number of esters is 1. The molecule has 2 aliphatic rings. The average molecular weight is 713 g/mol. The van der Waals surface area contributed by atoms with Crippen molar-refractivity contribution in [2.45, 2.75) is 82.7 Å². The van der Waals surface area contributed by atoms with Gasteiger partial charge in [-0.25, -0.2) is 14.6 Å². The molecule has 52 heavy (non-hydrogen) atoms. The molecular weight excluding hydrogens is 664 g/mol. The molecule has 2 N–H and O–H groups in total. The monoisotopic (exact) mass is 712 g/mol. The van der Waals surface area contributed by atoms with Gasteiger partial charge in [0.25, 0.3) is 0 Å². The molecule has 2 heterocycles. The number of aromatic nitrogens is 1. The van der Waals surface area contributed by atoms with Crippen molar-refractivity contribution < 1.29 is 38.1 Å². The van der Waals surface area contributed by atoms with Gasteiger partial charge in [-0.3, -0.25) is 9.59 Å². The summed E-state index contributed by atoms with van der Waals surface area (Å²) in [4.78, 5) is 60.8. The number of likely N-dealkylation sites (tertiary alicyclic amines) is 1. The van der Waals surface area contributed by atoms with Gasteiger partial charge in [-0.1, -0.05) is 42.5 Å². The Labute approximate surface area is 304 Å². The molecule has 2 fully saturated rings. The van der Waals surface area contributed by atoms with E-state index in [0.717, 1.165) is 10.9 Å². The summed E-state index contributed by atoms with van der Waals surface area (Å²) < 4.78 is 22.9. The number of nitrogens with one attached hydrogen (secondary N) is 2. The van der Waals surface area contributed by atoms with Crippen LogP contribution in [0, 0.1) is 5.92 Å². The lowest BCUT2D eigenvalue weighted by molar-refractivity contribution is -0.150. The zero-order valence-corrected chi connectivity index (χ0v) is 30.5. The number of pyridine rings is 1. The maximum atomic E-state index is 14.4. The summed E-state index contributed by atoms with van der Waals surface area (Å²) >= 11 is 0. The van der Waals surface area contributed by atoms with Crippen LogP contribution < -0.4 is 20.1 Å². The zero-order valence-electron chi connectivity index (χ0n) is 30.5. The highest BCUT2D eigenvalue weighted by atomic mass is 16.6. The van der Waals surface area contributed by atoms with Gasteiger partial charge in [-0.2, -0.15) is 0 Å². The summed E-state index contributed by atoms with van der Waals surface area (Å²) in [5, 5.41) is 6.32. The highest BCUT2D eigenvalue weighted by Gasteiger charge is 2.62. The number of alkyl carbamates (subject to hydrolysis) is 1. The highest BCUT2D eigenvalue weighted by Crippen LogP contribution is 2.46. The summed E-state index contributed by atoms with van der Waals surface area (Å²) in [5.41, 5.74) is 0.117. The molecule has 1 saturated heterocycles. The van der Waals surface area contributed by atoms with Crippen LogP contribution in [0.2, 0.25) is 0 Å². The van der Waals surface area contributed by atoms with E-state index in [1.807, 2.05) is 54.6 Å². The third-order valence-electron chi connectivity index (χ3n) is 9.12. The summed E-state index contributed by atoms with van der Waals surface area (Å²) in [5.74, 6) is -0.766. The normalized spacial score (nSPS) is 21.4. The van der Waals surface area contributed by atoms with Crippen molar-refractivity contribution in [3.05, 3.63) is 79.9 Å². The Morgan fingerprint density at radius 3 is 2.48 bits per heavy atom. The molecule has 5 rings (SSSR count). The van der Waals surface area contributed by atoms with Crippen LogP contribution >= 0.6 is 0 Å². The van der Waals surface area contributed by atoms with E-state index < -0.39 is 53.2 Å². The van der Waals surface area contributed by atoms with Crippen molar-refractivity contribution in [3.63, 3.8) is 0 Å². The van der Waals surface area contributed by atoms with Crippen molar-refractivity contribution in [1.82, 2.24) is 20.5 Å². The van der Waals surface area contributed by atoms with Crippen LogP contribution in [0.4, 0.5) is 4.79 Å². The predicted molar refractivity (Wildman–Crippen MR) is 197 cm³/mol. The summed E-state index contributed by atoms with van der Waals surface area (Å²) in [6.07, 6.45) is 2.93. The number of benzene rings is 2. The van der Waals surface area contributed by atoms with Gasteiger partial charge < -0.3 is 34.5 Å². The van der Waals surface area contributed by atoms with Gasteiger partial charge in [-0.05, 0) is 59.1 Å². The molecule has 12 nitrogen and oxygen atoms in total. The van der Waals surface area contributed by atoms with Crippen LogP contribution in [0.1, 0.15) is 53.4 Å². The van der Waals surface area contributed by atoms with Crippen molar-refractivity contribution in [2.24, 2.45) is 5.92 Å². The molecule has 1 saturated carbocycles. The highest BCUT2D eigenvalue weighted by molar-refractivity contribution is 5.97. The first-order valence-electron chi connectivity index (χ1n) is 17.6. The Morgan fingerprint density at radius 2 is 1.85 bits per heavy atom. The Hall–Kier alpha value is -5.39. The largest absolute Gasteiger partial charge is 0.497 e. The Bertz CT molecular complexity index is 1820. The molecule has 3 aromatic rings. The third kappa shape index (κ3) is 8.55. The van der Waals surface area contributed by atoms with Crippen LogP contribution in [-0.4, -0.2) is 83.3 Å². The Kier molecular flexibility index (Phi) is 11.6. The van der Waals surface area contributed by atoms with Gasteiger partial charge in [0.2, 0.25) is 11.8 Å². The molecule has 0 bridgehead atoms. The van der Waals surface area contributed by atoms with E-state index in [4.69, 9.17) is 23.9 Å². The van der Waals surface area contributed by atoms with Crippen molar-refractivity contribution in [3.8, 4) is 22.8 Å². The first-order valence-corrected chi connectivity index (χ1v) is 17.6. The van der Waals surface area contributed by atoms with Crippen molar-refractivity contribution in [2.75, 3.05) is 20.3 Å². The summed E-state index contributed by atoms with van der Waals surface area (Å²) in [6.45, 7) is 14.6. The molecule has 0 radical (unpaired) electrons. The molecule has 276 valence electrons. The summed E-state index contributed by atoms with van der Waals surface area (Å²) in [7, 11) is 1.58. The number of fused-ring (bicyclic) bond motifs is 1. The van der Waals surface area contributed by atoms with E-state index in [1.165, 1.54) is 4.90 Å². The van der Waals surface area contributed by atoms with Gasteiger partial charge in [0.05, 0.1) is 31.5 Å². The second kappa shape index (κ2) is 15.9. The second-order valence-corrected chi connectivity index (χ2v) is 14.0. The number of rotatable bonds is 14. The Balaban J connectivity index is 1.49. The number of hydrogen-bond donors (Lipinski definition) is 2. The lowest BCUT2D eigenvalue weighted by Crippen LogP contribution is -2.56. The van der Waals surface area contributed by atoms with Crippen molar-refractivity contribution in [1.29, 1.82) is 0 Å². The van der Waals surface area contributed by atoms with Gasteiger partial charge in [0.1, 0.15) is 40.8 Å². The number of carbonyl (C=O) groups is 4. The zero-order chi connectivity index (χ0) is 37.6. The smallest absolute Gasteiger partial charge is 0.408 e. The molecule has 5 atom stereocenters. The van der Waals surface area contributed by atoms with Crippen LogP contribution in [-0.2, 0) is 23.9 Å². The van der Waals surface area contributed by atoms with Gasteiger partial charge in [-0.15, -0.1) is 13.2 Å². The SMILES string of the molecule is C=CCC[C@H](NC(=O)OC(C)(C)C)C(=O)N1C[C@H](Oc2cc(-c3ccccc3)nc3cc(OC)ccc23)C[C@H]1C(=O)N[C@]1(C(=O)OCC)CC1C=C. The van der Waals surface area contributed by atoms with Gasteiger partial charge >= 0.3 is 12.1 Å². The van der Waals surface area contributed by atoms with E-state index in [9.17, 15) is 19.2 Å². The number of ether oxygens (including phenoxy) is 4. The molecule has 1 unspecified atom stereocenters. The second-order valence-electron chi connectivity index (χ2n) is 14.0. The quantitative estimate of drug-likeness (QED) is 0.158. The minimum Gasteiger partial charge on any atom is -0.497 e. The van der Waals surface area contributed by atoms with E-state index >= 15 is 0 Å². The third-order valence-corrected chi connectivity index (χ3v) is 9.12. The molecule has 1 aromatic heterocycles. The number of methoxy groups -OCH3 is 1. The molecule has 1 aliphatic carbocycles. The van der Waals surface area contributed by atoms with E-state index in [0.29, 0.717) is 35.6 Å². The lowest BCUT2D eigenvalue weighted by atomic mass is 10.1. The minimum absolute atomic E-state index is 0.0233. The molecule has 12 heteroatoms. The molecule has 3 amide bonds. The number of amides is 3. The fourth-order valence-corrected chi connectivity index (χ4v) is 6.47. The number of carbonyl (C=O) groups excluding carboxylic acids is 4. The first kappa shape index (κ1) is 37.9. The fourth-order valence-electron chi connectivity index (χ4n) is 6.47. The average Bonchev–Trinajstić information content (AvgIpc) is 3.67. The maximum absolute atomic E-state index is 14.4. The predicted octanol–water partition coefficient (Wildman–Crippen LogP) is 5.74. The van der Waals surface area contributed by atoms with E-state index in [-0.39, 0.29) is 31.9 Å². The van der Waals surface area contributed by atoms with Gasteiger partial charge in [0, 0.05) is 35.4 Å². The van der Waals surface area contributed by atoms with Crippen LogP contribution in [0.5, 0.6) is 11.5 Å². The molecule has 0 spiro atoms. The molecular formula is C40H48N4O8. The fraction of sp³-hybridized carbons (Fsp3) is 0.425. The number of allylic oxidation sites excluding steroid dienone is 1. The first-order chi connectivity index (χ1) is 24.8. The van der Waals surface area contributed by atoms with Crippen LogP contribution in [0.25, 0.3) is 22.2 Å². The number of nitrogens with zero attached hydrogens (tertiary/aromatic N) is 2.